The molecule has 3 aromatic rings. The zero-order chi connectivity index (χ0) is 16.0. The third kappa shape index (κ3) is 2.66. The van der Waals surface area contributed by atoms with E-state index in [-0.39, 0.29) is 5.82 Å². The molecule has 0 unspecified atom stereocenters. The van der Waals surface area contributed by atoms with Crippen molar-refractivity contribution in [1.82, 2.24) is 9.47 Å². The minimum Gasteiger partial charge on any atom is -0.347 e. The fourth-order valence-electron chi connectivity index (χ4n) is 3.42. The Bertz CT molecular complexity index is 884. The van der Waals surface area contributed by atoms with Crippen LogP contribution in [0, 0.1) is 5.82 Å². The summed E-state index contributed by atoms with van der Waals surface area (Å²) < 4.78 is 15.7. The number of hydrogen-bond acceptors (Lipinski definition) is 2. The van der Waals surface area contributed by atoms with Gasteiger partial charge in [-0.25, -0.2) is 4.39 Å². The molecule has 1 aromatic heterocycles. The van der Waals surface area contributed by atoms with Crippen molar-refractivity contribution in [2.45, 2.75) is 22.8 Å². The third-order valence-electron chi connectivity index (χ3n) is 4.60. The Morgan fingerprint density at radius 3 is 2.70 bits per heavy atom. The SMILES string of the molecule is CN1CCc2c(c3cc(Sc4cccc(F)c4)ccc3n2C)C1. The number of rotatable bonds is 2. The minimum absolute atomic E-state index is 0.185. The molecule has 23 heavy (non-hydrogen) atoms. The van der Waals surface area contributed by atoms with Gasteiger partial charge in [-0.2, -0.15) is 0 Å². The van der Waals surface area contributed by atoms with E-state index in [1.54, 1.807) is 23.9 Å². The molecule has 1 aliphatic heterocycles. The summed E-state index contributed by atoms with van der Waals surface area (Å²) in [4.78, 5) is 4.46. The number of aryl methyl sites for hydroxylation is 1. The molecule has 0 atom stereocenters. The van der Waals surface area contributed by atoms with E-state index in [1.807, 2.05) is 6.07 Å². The van der Waals surface area contributed by atoms with Crippen LogP contribution in [0.5, 0.6) is 0 Å². The molecule has 4 rings (SSSR count). The van der Waals surface area contributed by atoms with Gasteiger partial charge in [0.2, 0.25) is 0 Å². The number of nitrogens with zero attached hydrogens (tertiary/aromatic N) is 2. The Kier molecular flexibility index (Phi) is 3.66. The standard InChI is InChI=1S/C19H19FN2S/c1-21-9-8-19-17(12-21)16-11-15(6-7-18(16)22(19)2)23-14-5-3-4-13(20)10-14/h3-7,10-11H,8-9,12H2,1-2H3. The molecule has 2 nitrogen and oxygen atoms in total. The van der Waals surface area contributed by atoms with E-state index in [0.717, 1.165) is 29.3 Å². The highest BCUT2D eigenvalue weighted by atomic mass is 32.2. The van der Waals surface area contributed by atoms with E-state index in [0.29, 0.717) is 0 Å². The number of hydrogen-bond donors (Lipinski definition) is 0. The summed E-state index contributed by atoms with van der Waals surface area (Å²) >= 11 is 1.61. The smallest absolute Gasteiger partial charge is 0.124 e. The molecule has 118 valence electrons. The molecule has 0 spiro atoms. The van der Waals surface area contributed by atoms with Gasteiger partial charge in [-0.1, -0.05) is 17.8 Å². The van der Waals surface area contributed by atoms with Crippen molar-refractivity contribution in [3.05, 3.63) is 59.5 Å². The molecule has 0 amide bonds. The number of aromatic nitrogens is 1. The Morgan fingerprint density at radius 1 is 1.04 bits per heavy atom. The topological polar surface area (TPSA) is 8.17 Å². The van der Waals surface area contributed by atoms with Crippen LogP contribution in [0.2, 0.25) is 0 Å². The Balaban J connectivity index is 1.77. The maximum Gasteiger partial charge on any atom is 0.124 e. The van der Waals surface area contributed by atoms with Crippen LogP contribution in [0.25, 0.3) is 10.9 Å². The molecule has 0 radical (unpaired) electrons. The van der Waals surface area contributed by atoms with E-state index >= 15 is 0 Å². The van der Waals surface area contributed by atoms with Crippen LogP contribution in [-0.4, -0.2) is 23.1 Å². The quantitative estimate of drug-likeness (QED) is 0.687. The van der Waals surface area contributed by atoms with Crippen LogP contribution >= 0.6 is 11.8 Å². The van der Waals surface area contributed by atoms with Crippen molar-refractivity contribution in [3.8, 4) is 0 Å². The summed E-state index contributed by atoms with van der Waals surface area (Å²) in [5, 5.41) is 1.33. The van der Waals surface area contributed by atoms with Crippen LogP contribution < -0.4 is 0 Å². The van der Waals surface area contributed by atoms with Gasteiger partial charge >= 0.3 is 0 Å². The number of fused-ring (bicyclic) bond motifs is 3. The van der Waals surface area contributed by atoms with Gasteiger partial charge in [0.15, 0.2) is 0 Å². The summed E-state index contributed by atoms with van der Waals surface area (Å²) in [6.07, 6.45) is 1.10. The van der Waals surface area contributed by atoms with Crippen LogP contribution in [0.4, 0.5) is 4.39 Å². The maximum absolute atomic E-state index is 13.4. The van der Waals surface area contributed by atoms with E-state index in [4.69, 9.17) is 0 Å². The molecule has 2 heterocycles. The first-order chi connectivity index (χ1) is 11.1. The lowest BCUT2D eigenvalue weighted by molar-refractivity contribution is 0.310. The van der Waals surface area contributed by atoms with Gasteiger partial charge in [0, 0.05) is 52.9 Å². The van der Waals surface area contributed by atoms with Crippen molar-refractivity contribution in [1.29, 1.82) is 0 Å². The normalized spacial score (nSPS) is 15.1. The lowest BCUT2D eigenvalue weighted by Crippen LogP contribution is -2.26. The average molecular weight is 326 g/mol. The first-order valence-electron chi connectivity index (χ1n) is 7.84. The maximum atomic E-state index is 13.4. The van der Waals surface area contributed by atoms with Gasteiger partial charge in [0.05, 0.1) is 0 Å². The van der Waals surface area contributed by atoms with Gasteiger partial charge in [-0.15, -0.1) is 0 Å². The van der Waals surface area contributed by atoms with Gasteiger partial charge in [0.25, 0.3) is 0 Å². The molecule has 0 N–H and O–H groups in total. The lowest BCUT2D eigenvalue weighted by Gasteiger charge is -2.23. The molecular weight excluding hydrogens is 307 g/mol. The second-order valence-electron chi connectivity index (χ2n) is 6.21. The van der Waals surface area contributed by atoms with Crippen LogP contribution in [0.3, 0.4) is 0 Å². The van der Waals surface area contributed by atoms with Crippen molar-refractivity contribution >= 4 is 22.7 Å². The van der Waals surface area contributed by atoms with E-state index < -0.39 is 0 Å². The monoisotopic (exact) mass is 326 g/mol. The second-order valence-corrected chi connectivity index (χ2v) is 7.36. The van der Waals surface area contributed by atoms with Crippen molar-refractivity contribution in [3.63, 3.8) is 0 Å². The zero-order valence-corrected chi connectivity index (χ0v) is 14.2. The van der Waals surface area contributed by atoms with Crippen molar-refractivity contribution in [2.75, 3.05) is 13.6 Å². The predicted octanol–water partition coefficient (Wildman–Crippen LogP) is 4.46. The van der Waals surface area contributed by atoms with Crippen LogP contribution in [-0.2, 0) is 20.0 Å². The van der Waals surface area contributed by atoms with E-state index in [2.05, 4.69) is 41.8 Å². The van der Waals surface area contributed by atoms with Gasteiger partial charge in [-0.05, 0) is 49.0 Å². The summed E-state index contributed by atoms with van der Waals surface area (Å²) in [7, 11) is 4.33. The minimum atomic E-state index is -0.185. The largest absolute Gasteiger partial charge is 0.347 e. The molecule has 0 bridgehead atoms. The fraction of sp³-hybridized carbons (Fsp3) is 0.263. The van der Waals surface area contributed by atoms with Crippen LogP contribution in [0.1, 0.15) is 11.3 Å². The highest BCUT2D eigenvalue weighted by Crippen LogP contribution is 2.35. The zero-order valence-electron chi connectivity index (χ0n) is 13.3. The summed E-state index contributed by atoms with van der Waals surface area (Å²) in [5.74, 6) is -0.185. The van der Waals surface area contributed by atoms with Gasteiger partial charge in [0.1, 0.15) is 5.82 Å². The summed E-state index contributed by atoms with van der Waals surface area (Å²) in [5.41, 5.74) is 4.18. The molecule has 0 saturated carbocycles. The van der Waals surface area contributed by atoms with Crippen molar-refractivity contribution < 1.29 is 4.39 Å². The third-order valence-corrected chi connectivity index (χ3v) is 5.58. The molecular formula is C19H19FN2S. The summed E-state index contributed by atoms with van der Waals surface area (Å²) in [6, 6.07) is 13.4. The molecule has 0 fully saturated rings. The number of benzene rings is 2. The first kappa shape index (κ1) is 14.8. The number of likely N-dealkylation sites (N-methyl/N-ethyl adjacent to an activating group) is 1. The molecule has 4 heteroatoms. The second kappa shape index (κ2) is 5.69. The predicted molar refractivity (Wildman–Crippen MR) is 93.5 cm³/mol. The van der Waals surface area contributed by atoms with E-state index in [1.165, 1.54) is 28.2 Å². The lowest BCUT2D eigenvalue weighted by atomic mass is 10.1. The molecule has 2 aromatic carbocycles. The highest BCUT2D eigenvalue weighted by molar-refractivity contribution is 7.99. The van der Waals surface area contributed by atoms with Gasteiger partial charge in [-0.3, -0.25) is 0 Å². The van der Waals surface area contributed by atoms with Gasteiger partial charge < -0.3 is 9.47 Å². The van der Waals surface area contributed by atoms with Crippen molar-refractivity contribution in [2.24, 2.45) is 7.05 Å². The summed E-state index contributed by atoms with van der Waals surface area (Å²) in [6.45, 7) is 2.11. The Morgan fingerprint density at radius 2 is 1.87 bits per heavy atom. The Hall–Kier alpha value is -1.78. The van der Waals surface area contributed by atoms with E-state index in [9.17, 15) is 4.39 Å². The molecule has 1 aliphatic rings. The van der Waals surface area contributed by atoms with Crippen LogP contribution in [0.15, 0.2) is 52.3 Å². The first-order valence-corrected chi connectivity index (χ1v) is 8.65. The number of halogens is 1. The molecule has 0 aliphatic carbocycles. The fourth-order valence-corrected chi connectivity index (χ4v) is 4.33. The molecule has 0 saturated heterocycles. The average Bonchev–Trinajstić information content (AvgIpc) is 2.80. The highest BCUT2D eigenvalue weighted by Gasteiger charge is 2.21. The Labute approximate surface area is 139 Å².